The summed E-state index contributed by atoms with van der Waals surface area (Å²) >= 11 is 0. The molecule has 1 saturated carbocycles. The molecule has 1 spiro atoms. The molecule has 5 nitrogen and oxygen atoms in total. The highest BCUT2D eigenvalue weighted by molar-refractivity contribution is 5.62. The van der Waals surface area contributed by atoms with E-state index in [2.05, 4.69) is 82.3 Å². The van der Waals surface area contributed by atoms with Gasteiger partial charge in [-0.1, -0.05) is 48.5 Å². The summed E-state index contributed by atoms with van der Waals surface area (Å²) < 4.78 is 14.8. The number of nitrogens with zero attached hydrogens (tertiary/aromatic N) is 3. The van der Waals surface area contributed by atoms with Crippen LogP contribution >= 0.6 is 0 Å². The average Bonchev–Trinajstić information content (AvgIpc) is 3.55. The van der Waals surface area contributed by atoms with Gasteiger partial charge >= 0.3 is 0 Å². The number of para-hydroxylation sites is 1. The van der Waals surface area contributed by atoms with Crippen molar-refractivity contribution in [2.45, 2.75) is 43.3 Å². The third-order valence-corrected chi connectivity index (χ3v) is 8.33. The Balaban J connectivity index is 1.47. The van der Waals surface area contributed by atoms with Crippen LogP contribution in [0.5, 0.6) is 0 Å². The fourth-order valence-corrected chi connectivity index (χ4v) is 6.82. The van der Waals surface area contributed by atoms with Crippen molar-refractivity contribution in [2.24, 2.45) is 5.92 Å². The molecule has 3 heterocycles. The van der Waals surface area contributed by atoms with E-state index in [1.54, 1.807) is 0 Å². The van der Waals surface area contributed by atoms with Gasteiger partial charge in [0.05, 0.1) is 18.9 Å². The molecule has 0 radical (unpaired) electrons. The first-order chi connectivity index (χ1) is 17.3. The van der Waals surface area contributed by atoms with Gasteiger partial charge in [-0.3, -0.25) is 9.55 Å². The maximum Gasteiger partial charge on any atom is 0.168 e. The third-order valence-electron chi connectivity index (χ3n) is 8.33. The van der Waals surface area contributed by atoms with Gasteiger partial charge in [-0.15, -0.1) is 0 Å². The molecule has 2 atom stereocenters. The summed E-state index contributed by atoms with van der Waals surface area (Å²) in [5.41, 5.74) is 6.00. The molecule has 1 saturated heterocycles. The Morgan fingerprint density at radius 3 is 2.29 bits per heavy atom. The van der Waals surface area contributed by atoms with Gasteiger partial charge < -0.3 is 9.47 Å². The van der Waals surface area contributed by atoms with E-state index in [0.717, 1.165) is 49.2 Å². The third kappa shape index (κ3) is 3.22. The van der Waals surface area contributed by atoms with Gasteiger partial charge in [-0.05, 0) is 55.0 Å². The smallest absolute Gasteiger partial charge is 0.168 e. The van der Waals surface area contributed by atoms with E-state index in [1.165, 1.54) is 17.0 Å². The van der Waals surface area contributed by atoms with Crippen molar-refractivity contribution in [3.05, 3.63) is 102 Å². The molecule has 1 aliphatic heterocycles. The minimum absolute atomic E-state index is 0.156. The number of imidazole rings is 1. The Labute approximate surface area is 205 Å². The summed E-state index contributed by atoms with van der Waals surface area (Å²) in [5.74, 6) is 0.984. The Kier molecular flexibility index (Phi) is 4.90. The molecular weight excluding hydrogens is 434 g/mol. The number of fused-ring (bicyclic) bond motifs is 3. The standard InChI is InChI=1S/C30H29N3O2/c1-3-7-23(8-4-1)30-16-15-29(34-19-20-35-29)21-24(30)11-12-26-27(30)32-28(22-13-17-31-18-14-22)33(26)25-9-5-2-6-10-25/h1-10,13-14,17-18,24H,11-12,15-16,19-21H2. The lowest BCUT2D eigenvalue weighted by atomic mass is 9.55. The molecule has 0 N–H and O–H groups in total. The zero-order chi connectivity index (χ0) is 23.3. The highest BCUT2D eigenvalue weighted by Crippen LogP contribution is 2.57. The number of rotatable bonds is 3. The first kappa shape index (κ1) is 21.0. The fourth-order valence-electron chi connectivity index (χ4n) is 6.82. The lowest BCUT2D eigenvalue weighted by molar-refractivity contribution is -0.197. The summed E-state index contributed by atoms with van der Waals surface area (Å²) in [6, 6.07) is 25.8. The average molecular weight is 464 g/mol. The lowest BCUT2D eigenvalue weighted by Crippen LogP contribution is -2.51. The van der Waals surface area contributed by atoms with Crippen LogP contribution in [0.3, 0.4) is 0 Å². The predicted molar refractivity (Wildman–Crippen MR) is 134 cm³/mol. The monoisotopic (exact) mass is 463 g/mol. The number of ether oxygens (including phenoxy) is 2. The molecule has 0 bridgehead atoms. The van der Waals surface area contributed by atoms with E-state index in [-0.39, 0.29) is 5.41 Å². The van der Waals surface area contributed by atoms with Crippen LogP contribution in [0.15, 0.2) is 85.2 Å². The molecule has 5 heteroatoms. The zero-order valence-corrected chi connectivity index (χ0v) is 19.8. The Morgan fingerprint density at radius 2 is 1.54 bits per heavy atom. The van der Waals surface area contributed by atoms with Gasteiger partial charge in [-0.25, -0.2) is 4.98 Å². The highest BCUT2D eigenvalue weighted by Gasteiger charge is 2.57. The molecule has 2 aromatic heterocycles. The molecule has 4 aromatic rings. The van der Waals surface area contributed by atoms with Crippen molar-refractivity contribution in [3.63, 3.8) is 0 Å². The molecular formula is C30H29N3O2. The van der Waals surface area contributed by atoms with Crippen molar-refractivity contribution in [1.82, 2.24) is 14.5 Å². The number of hydrogen-bond acceptors (Lipinski definition) is 4. The van der Waals surface area contributed by atoms with Crippen LogP contribution in [0, 0.1) is 5.92 Å². The summed E-state index contributed by atoms with van der Waals surface area (Å²) in [6.45, 7) is 1.40. The molecule has 176 valence electrons. The van der Waals surface area contributed by atoms with Crippen LogP contribution in [-0.4, -0.2) is 33.5 Å². The predicted octanol–water partition coefficient (Wildman–Crippen LogP) is 5.71. The van der Waals surface area contributed by atoms with Crippen LogP contribution in [0.2, 0.25) is 0 Å². The van der Waals surface area contributed by atoms with Crippen LogP contribution in [-0.2, 0) is 21.3 Å². The maximum atomic E-state index is 6.21. The SMILES string of the molecule is c1ccc(-n2c(-c3ccncc3)nc3c2CCC2CC4(CCC32c2ccccc2)OCCO4)cc1. The molecule has 2 fully saturated rings. The largest absolute Gasteiger partial charge is 0.348 e. The second-order valence-electron chi connectivity index (χ2n) is 10.0. The summed E-state index contributed by atoms with van der Waals surface area (Å²) in [7, 11) is 0. The van der Waals surface area contributed by atoms with E-state index in [4.69, 9.17) is 14.5 Å². The second kappa shape index (κ2) is 8.14. The lowest BCUT2D eigenvalue weighted by Gasteiger charge is -2.51. The second-order valence-corrected chi connectivity index (χ2v) is 10.0. The first-order valence-electron chi connectivity index (χ1n) is 12.7. The van der Waals surface area contributed by atoms with Gasteiger partial charge in [0.2, 0.25) is 0 Å². The van der Waals surface area contributed by atoms with Gasteiger partial charge in [0.25, 0.3) is 0 Å². The summed E-state index contributed by atoms with van der Waals surface area (Å²) in [5, 5.41) is 0. The van der Waals surface area contributed by atoms with E-state index < -0.39 is 5.79 Å². The quantitative estimate of drug-likeness (QED) is 0.391. The van der Waals surface area contributed by atoms with Crippen molar-refractivity contribution in [1.29, 1.82) is 0 Å². The number of benzene rings is 2. The highest BCUT2D eigenvalue weighted by atomic mass is 16.7. The molecule has 2 unspecified atom stereocenters. The maximum absolute atomic E-state index is 6.21. The van der Waals surface area contributed by atoms with Crippen molar-refractivity contribution < 1.29 is 9.47 Å². The number of pyridine rings is 1. The summed E-state index contributed by atoms with van der Waals surface area (Å²) in [4.78, 5) is 9.76. The molecule has 3 aliphatic rings. The van der Waals surface area contributed by atoms with Crippen LogP contribution in [0.1, 0.15) is 42.6 Å². The van der Waals surface area contributed by atoms with Crippen LogP contribution in [0.4, 0.5) is 0 Å². The Morgan fingerprint density at radius 1 is 0.829 bits per heavy atom. The van der Waals surface area contributed by atoms with Crippen LogP contribution < -0.4 is 0 Å². The van der Waals surface area contributed by atoms with E-state index in [1.807, 2.05) is 12.4 Å². The van der Waals surface area contributed by atoms with Crippen LogP contribution in [0.25, 0.3) is 17.1 Å². The van der Waals surface area contributed by atoms with Gasteiger partial charge in [0.15, 0.2) is 5.79 Å². The van der Waals surface area contributed by atoms with Crippen molar-refractivity contribution in [2.75, 3.05) is 13.2 Å². The molecule has 35 heavy (non-hydrogen) atoms. The minimum atomic E-state index is -0.420. The zero-order valence-electron chi connectivity index (χ0n) is 19.8. The molecule has 0 amide bonds. The Hall–Kier alpha value is -3.28. The minimum Gasteiger partial charge on any atom is -0.348 e. The van der Waals surface area contributed by atoms with Crippen molar-refractivity contribution in [3.8, 4) is 17.1 Å². The van der Waals surface area contributed by atoms with Gasteiger partial charge in [-0.2, -0.15) is 0 Å². The van der Waals surface area contributed by atoms with Gasteiger partial charge in [0.1, 0.15) is 5.82 Å². The normalized spacial score (nSPS) is 24.7. The van der Waals surface area contributed by atoms with E-state index in [9.17, 15) is 0 Å². The van der Waals surface area contributed by atoms with Gasteiger partial charge in [0, 0.05) is 47.6 Å². The van der Waals surface area contributed by atoms with E-state index in [0.29, 0.717) is 19.1 Å². The molecule has 2 aromatic carbocycles. The fraction of sp³-hybridized carbons (Fsp3) is 0.333. The topological polar surface area (TPSA) is 49.2 Å². The number of hydrogen-bond donors (Lipinski definition) is 0. The first-order valence-corrected chi connectivity index (χ1v) is 12.7. The summed E-state index contributed by atoms with van der Waals surface area (Å²) in [6.07, 6.45) is 8.56. The molecule has 7 rings (SSSR count). The van der Waals surface area contributed by atoms with Crippen molar-refractivity contribution >= 4 is 0 Å². The number of aromatic nitrogens is 3. The van der Waals surface area contributed by atoms with E-state index >= 15 is 0 Å². The Bertz CT molecular complexity index is 1330. The molecule has 2 aliphatic carbocycles.